The summed E-state index contributed by atoms with van der Waals surface area (Å²) in [6.07, 6.45) is 1.77. The predicted molar refractivity (Wildman–Crippen MR) is 63.7 cm³/mol. The monoisotopic (exact) mass is 262 g/mol. The topological polar surface area (TPSA) is 89.4 Å². The number of nitrogens with zero attached hydrogens (tertiary/aromatic N) is 1. The summed E-state index contributed by atoms with van der Waals surface area (Å²) in [5, 5.41) is 20.1. The highest BCUT2D eigenvalue weighted by Gasteiger charge is 2.22. The molecule has 0 amide bonds. The van der Waals surface area contributed by atoms with E-state index in [1.807, 2.05) is 0 Å². The number of nitro groups is 1. The molecule has 0 spiro atoms. The van der Waals surface area contributed by atoms with Crippen molar-refractivity contribution in [2.75, 3.05) is 0 Å². The molecule has 1 rings (SSSR count). The van der Waals surface area contributed by atoms with Crippen molar-refractivity contribution in [2.24, 2.45) is 5.73 Å². The standard InChI is InChI=1S/C10H11FN2O3.ClH/c1-2-3-8(12)7-4-6(11)5-9(10(7)14)13(15)16;/h2,4-5,8,14H,1,3,12H2;1H/t8-;/m0./s1. The van der Waals surface area contributed by atoms with Gasteiger partial charge in [-0.1, -0.05) is 6.08 Å². The molecule has 0 aliphatic carbocycles. The van der Waals surface area contributed by atoms with E-state index in [-0.39, 0.29) is 24.4 Å². The number of aromatic hydroxyl groups is 1. The highest BCUT2D eigenvalue weighted by Crippen LogP contribution is 2.34. The van der Waals surface area contributed by atoms with Crippen molar-refractivity contribution in [1.82, 2.24) is 0 Å². The molecule has 0 bridgehead atoms. The fraction of sp³-hybridized carbons (Fsp3) is 0.200. The van der Waals surface area contributed by atoms with Crippen LogP contribution < -0.4 is 5.73 Å². The molecule has 17 heavy (non-hydrogen) atoms. The number of halogens is 2. The van der Waals surface area contributed by atoms with Crippen LogP contribution >= 0.6 is 12.4 Å². The van der Waals surface area contributed by atoms with Crippen LogP contribution in [0.1, 0.15) is 18.0 Å². The van der Waals surface area contributed by atoms with Crippen molar-refractivity contribution in [3.63, 3.8) is 0 Å². The number of benzene rings is 1. The third-order valence-corrected chi connectivity index (χ3v) is 2.10. The van der Waals surface area contributed by atoms with E-state index in [0.717, 1.165) is 6.07 Å². The van der Waals surface area contributed by atoms with Crippen LogP contribution in [0.25, 0.3) is 0 Å². The third-order valence-electron chi connectivity index (χ3n) is 2.10. The molecule has 3 N–H and O–H groups in total. The maximum absolute atomic E-state index is 13.1. The first kappa shape index (κ1) is 15.3. The lowest BCUT2D eigenvalue weighted by atomic mass is 10.0. The average Bonchev–Trinajstić information content (AvgIpc) is 2.20. The number of hydrogen-bond donors (Lipinski definition) is 2. The Labute approximate surface area is 103 Å². The first-order chi connectivity index (χ1) is 7.47. The number of nitro benzene ring substituents is 1. The van der Waals surface area contributed by atoms with E-state index < -0.39 is 28.2 Å². The van der Waals surface area contributed by atoms with E-state index in [4.69, 9.17) is 5.73 Å². The Balaban J connectivity index is 0.00000256. The van der Waals surface area contributed by atoms with Gasteiger partial charge in [0.1, 0.15) is 5.82 Å². The first-order valence-electron chi connectivity index (χ1n) is 4.50. The minimum absolute atomic E-state index is 0. The smallest absolute Gasteiger partial charge is 0.313 e. The summed E-state index contributed by atoms with van der Waals surface area (Å²) in [5.74, 6) is -1.40. The maximum Gasteiger partial charge on any atom is 0.313 e. The molecule has 1 aromatic carbocycles. The number of rotatable bonds is 4. The summed E-state index contributed by atoms with van der Waals surface area (Å²) < 4.78 is 13.1. The van der Waals surface area contributed by atoms with Gasteiger partial charge < -0.3 is 10.8 Å². The van der Waals surface area contributed by atoms with E-state index in [0.29, 0.717) is 6.07 Å². The van der Waals surface area contributed by atoms with Gasteiger partial charge in [0, 0.05) is 11.6 Å². The Morgan fingerprint density at radius 1 is 1.65 bits per heavy atom. The fourth-order valence-electron chi connectivity index (χ4n) is 1.33. The molecule has 0 saturated carbocycles. The molecule has 5 nitrogen and oxygen atoms in total. The summed E-state index contributed by atoms with van der Waals surface area (Å²) in [6.45, 7) is 3.45. The van der Waals surface area contributed by atoms with Gasteiger partial charge in [-0.15, -0.1) is 19.0 Å². The predicted octanol–water partition coefficient (Wildman–Crippen LogP) is 2.44. The molecule has 7 heteroatoms. The molecule has 1 atom stereocenters. The Kier molecular flexibility index (Phi) is 5.57. The largest absolute Gasteiger partial charge is 0.502 e. The summed E-state index contributed by atoms with van der Waals surface area (Å²) in [5.41, 5.74) is 4.94. The molecule has 0 fully saturated rings. The van der Waals surface area contributed by atoms with Crippen molar-refractivity contribution in [2.45, 2.75) is 12.5 Å². The second-order valence-electron chi connectivity index (χ2n) is 3.25. The summed E-state index contributed by atoms with van der Waals surface area (Å²) >= 11 is 0. The van der Waals surface area contributed by atoms with E-state index in [9.17, 15) is 19.6 Å². The molecule has 0 heterocycles. The van der Waals surface area contributed by atoms with Crippen LogP contribution in [0.2, 0.25) is 0 Å². The van der Waals surface area contributed by atoms with Crippen LogP contribution in [-0.4, -0.2) is 10.0 Å². The van der Waals surface area contributed by atoms with Gasteiger partial charge >= 0.3 is 5.69 Å². The lowest BCUT2D eigenvalue weighted by Crippen LogP contribution is -2.10. The minimum Gasteiger partial charge on any atom is -0.502 e. The van der Waals surface area contributed by atoms with Gasteiger partial charge in [-0.3, -0.25) is 10.1 Å². The zero-order valence-electron chi connectivity index (χ0n) is 8.80. The Morgan fingerprint density at radius 2 is 2.24 bits per heavy atom. The van der Waals surface area contributed by atoms with Crippen LogP contribution in [0, 0.1) is 15.9 Å². The van der Waals surface area contributed by atoms with Gasteiger partial charge in [0.05, 0.1) is 11.0 Å². The minimum atomic E-state index is -0.859. The number of phenols is 1. The van der Waals surface area contributed by atoms with Crippen molar-refractivity contribution < 1.29 is 14.4 Å². The van der Waals surface area contributed by atoms with E-state index in [2.05, 4.69) is 6.58 Å². The highest BCUT2D eigenvalue weighted by atomic mass is 35.5. The first-order valence-corrected chi connectivity index (χ1v) is 4.50. The number of phenolic OH excluding ortho intramolecular Hbond substituents is 1. The normalized spacial score (nSPS) is 11.4. The lowest BCUT2D eigenvalue weighted by Gasteiger charge is -2.11. The molecule has 0 aliphatic heterocycles. The molecule has 0 aliphatic rings. The van der Waals surface area contributed by atoms with Gasteiger partial charge in [-0.05, 0) is 12.5 Å². The molecular formula is C10H12ClFN2O3. The van der Waals surface area contributed by atoms with Gasteiger partial charge in [-0.2, -0.15) is 0 Å². The molecular weight excluding hydrogens is 251 g/mol. The SMILES string of the molecule is C=CC[C@H](N)c1cc(F)cc([N+](=O)[O-])c1O.Cl. The van der Waals surface area contributed by atoms with Crippen molar-refractivity contribution in [3.8, 4) is 5.75 Å². The molecule has 0 unspecified atom stereocenters. The summed E-state index contributed by atoms with van der Waals surface area (Å²) in [6, 6.07) is 0.919. The van der Waals surface area contributed by atoms with Crippen LogP contribution in [0.4, 0.5) is 10.1 Å². The van der Waals surface area contributed by atoms with E-state index in [1.54, 1.807) is 0 Å². The third kappa shape index (κ3) is 3.40. The number of hydrogen-bond acceptors (Lipinski definition) is 4. The Bertz CT molecular complexity index is 440. The molecule has 1 aromatic rings. The van der Waals surface area contributed by atoms with Crippen molar-refractivity contribution >= 4 is 18.1 Å². The zero-order valence-corrected chi connectivity index (χ0v) is 9.61. The zero-order chi connectivity index (χ0) is 12.3. The van der Waals surface area contributed by atoms with E-state index >= 15 is 0 Å². The Hall–Kier alpha value is -1.66. The highest BCUT2D eigenvalue weighted by molar-refractivity contribution is 5.85. The summed E-state index contributed by atoms with van der Waals surface area (Å²) in [4.78, 5) is 9.67. The van der Waals surface area contributed by atoms with Gasteiger partial charge in [0.2, 0.25) is 0 Å². The lowest BCUT2D eigenvalue weighted by molar-refractivity contribution is -0.386. The van der Waals surface area contributed by atoms with Crippen molar-refractivity contribution in [1.29, 1.82) is 0 Å². The Morgan fingerprint density at radius 3 is 2.71 bits per heavy atom. The molecule has 94 valence electrons. The average molecular weight is 263 g/mol. The van der Waals surface area contributed by atoms with Crippen LogP contribution in [0.3, 0.4) is 0 Å². The molecule has 0 aromatic heterocycles. The molecule has 0 radical (unpaired) electrons. The maximum atomic E-state index is 13.1. The fourth-order valence-corrected chi connectivity index (χ4v) is 1.33. The van der Waals surface area contributed by atoms with Gasteiger partial charge in [0.15, 0.2) is 5.75 Å². The molecule has 0 saturated heterocycles. The second kappa shape index (κ2) is 6.17. The van der Waals surface area contributed by atoms with Crippen LogP contribution in [0.5, 0.6) is 5.75 Å². The van der Waals surface area contributed by atoms with Crippen LogP contribution in [-0.2, 0) is 0 Å². The van der Waals surface area contributed by atoms with Gasteiger partial charge in [-0.25, -0.2) is 4.39 Å². The quantitative estimate of drug-likeness (QED) is 0.495. The summed E-state index contributed by atoms with van der Waals surface area (Å²) in [7, 11) is 0. The van der Waals surface area contributed by atoms with Gasteiger partial charge in [0.25, 0.3) is 0 Å². The van der Waals surface area contributed by atoms with Crippen LogP contribution in [0.15, 0.2) is 24.8 Å². The van der Waals surface area contributed by atoms with Crippen molar-refractivity contribution in [3.05, 3.63) is 46.3 Å². The number of nitrogens with two attached hydrogens (primary N) is 1. The van der Waals surface area contributed by atoms with E-state index in [1.165, 1.54) is 6.08 Å². The second-order valence-corrected chi connectivity index (χ2v) is 3.25.